The van der Waals surface area contributed by atoms with Crippen LogP contribution < -0.4 is 16.0 Å². The maximum Gasteiger partial charge on any atom is 0.290 e. The van der Waals surface area contributed by atoms with Crippen molar-refractivity contribution in [3.63, 3.8) is 0 Å². The molecule has 0 spiro atoms. The lowest BCUT2D eigenvalue weighted by molar-refractivity contribution is -0.130. The van der Waals surface area contributed by atoms with Gasteiger partial charge in [0.15, 0.2) is 5.01 Å². The molecule has 0 bridgehead atoms. The van der Waals surface area contributed by atoms with Gasteiger partial charge in [0.1, 0.15) is 6.04 Å². The van der Waals surface area contributed by atoms with Crippen LogP contribution in [0.1, 0.15) is 20.4 Å². The molecule has 1 aliphatic heterocycles. The minimum atomic E-state index is -1.05. The quantitative estimate of drug-likeness (QED) is 0.198. The summed E-state index contributed by atoms with van der Waals surface area (Å²) < 4.78 is 0. The third-order valence-electron chi connectivity index (χ3n) is 5.05. The maximum atomic E-state index is 12.8. The lowest BCUT2D eigenvalue weighted by atomic mass is 10.2. The molecule has 13 heteroatoms. The van der Waals surface area contributed by atoms with Gasteiger partial charge in [-0.15, -0.1) is 11.3 Å². The summed E-state index contributed by atoms with van der Waals surface area (Å²) in [5.74, 6) is -2.06. The zero-order valence-corrected chi connectivity index (χ0v) is 20.5. The smallest absolute Gasteiger partial charge is 0.290 e. The zero-order chi connectivity index (χ0) is 24.8. The average molecular weight is 508 g/mol. The number of hydrogen-bond donors (Lipinski definition) is 4. The van der Waals surface area contributed by atoms with Crippen LogP contribution in [0.15, 0.2) is 29.4 Å². The number of likely N-dealkylation sites (N-methyl/N-ethyl adjacent to an activating group) is 2. The van der Waals surface area contributed by atoms with Crippen LogP contribution in [0.2, 0.25) is 5.02 Å². The number of nitrogens with one attached hydrogen (secondary N) is 3. The summed E-state index contributed by atoms with van der Waals surface area (Å²) in [4.78, 5) is 46.9. The van der Waals surface area contributed by atoms with Gasteiger partial charge in [-0.25, -0.2) is 4.98 Å². The van der Waals surface area contributed by atoms with Gasteiger partial charge in [-0.05, 0) is 31.3 Å². The zero-order valence-electron chi connectivity index (χ0n) is 19.0. The van der Waals surface area contributed by atoms with Crippen molar-refractivity contribution in [3.8, 4) is 0 Å². The van der Waals surface area contributed by atoms with Gasteiger partial charge in [0.2, 0.25) is 11.7 Å². The minimum absolute atomic E-state index is 0.225. The fourth-order valence-electron chi connectivity index (χ4n) is 3.23. The Kier molecular flexibility index (Phi) is 8.42. The molecule has 0 fully saturated rings. The molecule has 2 aromatic rings. The third kappa shape index (κ3) is 6.43. The number of amides is 3. The number of carbonyl (C=O) groups excluding carboxylic acids is 3. The molecule has 182 valence electrons. The van der Waals surface area contributed by atoms with E-state index >= 15 is 0 Å². The highest BCUT2D eigenvalue weighted by Gasteiger charge is 2.27. The first-order valence-electron chi connectivity index (χ1n) is 10.4. The van der Waals surface area contributed by atoms with Crippen LogP contribution in [0.25, 0.3) is 0 Å². The number of hydrogen-bond acceptors (Lipinski definition) is 8. The van der Waals surface area contributed by atoms with E-state index in [1.807, 2.05) is 7.05 Å². The Balaban J connectivity index is 1.65. The first-order valence-corrected chi connectivity index (χ1v) is 11.6. The summed E-state index contributed by atoms with van der Waals surface area (Å²) in [6.45, 7) is 1.36. The van der Waals surface area contributed by atoms with E-state index in [1.165, 1.54) is 16.2 Å². The van der Waals surface area contributed by atoms with Crippen LogP contribution >= 0.6 is 22.9 Å². The molecule has 3 rings (SSSR count). The van der Waals surface area contributed by atoms with Crippen molar-refractivity contribution in [2.75, 3.05) is 39.5 Å². The Morgan fingerprint density at radius 2 is 2.00 bits per heavy atom. The summed E-state index contributed by atoms with van der Waals surface area (Å²) in [6.07, 6.45) is 0.760. The van der Waals surface area contributed by atoms with E-state index in [-0.39, 0.29) is 17.4 Å². The van der Waals surface area contributed by atoms with Crippen LogP contribution in [-0.4, -0.2) is 83.8 Å². The van der Waals surface area contributed by atoms with Crippen molar-refractivity contribution < 1.29 is 19.6 Å². The Morgan fingerprint density at radius 3 is 2.65 bits per heavy atom. The van der Waals surface area contributed by atoms with E-state index in [1.54, 1.807) is 38.4 Å². The van der Waals surface area contributed by atoms with E-state index in [0.29, 0.717) is 10.7 Å². The normalized spacial score (nSPS) is 14.6. The number of anilines is 1. The fourth-order valence-corrected chi connectivity index (χ4v) is 4.44. The summed E-state index contributed by atoms with van der Waals surface area (Å²) in [5, 5.41) is 20.8. The second-order valence-electron chi connectivity index (χ2n) is 7.93. The van der Waals surface area contributed by atoms with Crippen molar-refractivity contribution in [1.29, 1.82) is 0 Å². The van der Waals surface area contributed by atoms with Gasteiger partial charge in [0.05, 0.1) is 5.69 Å². The standard InChI is InChI=1S/C21H26ClN7O4S/c1-28(2)21(32)15(25-19(31)20-26-14-8-9-29(3)11-16(14)34-20)10-23-18(30)17(27-33)24-13-6-4-12(22)5-7-13/h4-7,15,33H,8-11H2,1-3H3,(H,23,30)(H,24,27)(H,25,31). The van der Waals surface area contributed by atoms with Crippen LogP contribution in [0.5, 0.6) is 0 Å². The molecular weight excluding hydrogens is 482 g/mol. The summed E-state index contributed by atoms with van der Waals surface area (Å²) >= 11 is 7.14. The van der Waals surface area contributed by atoms with Gasteiger partial charge in [0, 0.05) is 55.7 Å². The number of amidine groups is 1. The summed E-state index contributed by atoms with van der Waals surface area (Å²) in [6, 6.07) is 5.36. The Hall–Kier alpha value is -3.22. The first kappa shape index (κ1) is 25.4. The highest BCUT2D eigenvalue weighted by molar-refractivity contribution is 7.13. The number of nitrogens with zero attached hydrogens (tertiary/aromatic N) is 4. The Labute approximate surface area is 205 Å². The van der Waals surface area contributed by atoms with Gasteiger partial charge in [-0.2, -0.15) is 0 Å². The Morgan fingerprint density at radius 1 is 1.29 bits per heavy atom. The van der Waals surface area contributed by atoms with E-state index < -0.39 is 23.8 Å². The number of rotatable bonds is 6. The van der Waals surface area contributed by atoms with Crippen LogP contribution in [-0.2, 0) is 22.6 Å². The summed E-state index contributed by atoms with van der Waals surface area (Å²) in [7, 11) is 5.09. The molecule has 11 nitrogen and oxygen atoms in total. The van der Waals surface area contributed by atoms with Crippen molar-refractivity contribution in [2.24, 2.45) is 5.16 Å². The number of fused-ring (bicyclic) bond motifs is 1. The average Bonchev–Trinajstić information content (AvgIpc) is 3.23. The number of oxime groups is 1. The van der Waals surface area contributed by atoms with Gasteiger partial charge >= 0.3 is 0 Å². The highest BCUT2D eigenvalue weighted by Crippen LogP contribution is 2.24. The molecule has 3 amide bonds. The van der Waals surface area contributed by atoms with Crippen molar-refractivity contribution in [3.05, 3.63) is 44.9 Å². The lowest BCUT2D eigenvalue weighted by Gasteiger charge is -2.21. The molecule has 4 N–H and O–H groups in total. The molecule has 0 radical (unpaired) electrons. The molecule has 0 aliphatic carbocycles. The van der Waals surface area contributed by atoms with Gasteiger partial charge < -0.3 is 31.0 Å². The number of halogens is 1. The highest BCUT2D eigenvalue weighted by atomic mass is 35.5. The molecule has 34 heavy (non-hydrogen) atoms. The van der Waals surface area contributed by atoms with Gasteiger partial charge in [0.25, 0.3) is 11.8 Å². The van der Waals surface area contributed by atoms with Crippen LogP contribution in [0, 0.1) is 0 Å². The van der Waals surface area contributed by atoms with E-state index in [2.05, 4.69) is 31.0 Å². The monoisotopic (exact) mass is 507 g/mol. The molecule has 1 aliphatic rings. The second-order valence-corrected chi connectivity index (χ2v) is 9.45. The topological polar surface area (TPSA) is 139 Å². The molecule has 1 aromatic heterocycles. The predicted molar refractivity (Wildman–Crippen MR) is 129 cm³/mol. The molecule has 2 heterocycles. The van der Waals surface area contributed by atoms with Crippen molar-refractivity contribution in [1.82, 2.24) is 25.4 Å². The van der Waals surface area contributed by atoms with Gasteiger partial charge in [-0.3, -0.25) is 14.4 Å². The molecular formula is C21H26ClN7O4S. The predicted octanol–water partition coefficient (Wildman–Crippen LogP) is 0.987. The Bertz CT molecular complexity index is 1090. The molecule has 0 saturated heterocycles. The maximum absolute atomic E-state index is 12.8. The molecule has 1 unspecified atom stereocenters. The summed E-state index contributed by atoms with van der Waals surface area (Å²) in [5.41, 5.74) is 1.37. The van der Waals surface area contributed by atoms with Crippen LogP contribution in [0.4, 0.5) is 5.69 Å². The van der Waals surface area contributed by atoms with E-state index in [0.717, 1.165) is 30.1 Å². The number of aromatic nitrogens is 1. The van der Waals surface area contributed by atoms with Crippen LogP contribution in [0.3, 0.4) is 0 Å². The SMILES string of the molecule is CN1CCc2nc(C(=O)NC(CNC(=O)/C(=N/O)Nc3ccc(Cl)cc3)C(=O)N(C)C)sc2C1. The lowest BCUT2D eigenvalue weighted by Crippen LogP contribution is -2.53. The molecule has 0 saturated carbocycles. The first-order chi connectivity index (χ1) is 16.2. The number of benzene rings is 1. The molecule has 1 aromatic carbocycles. The van der Waals surface area contributed by atoms with E-state index in [4.69, 9.17) is 11.6 Å². The molecule has 1 atom stereocenters. The second kappa shape index (κ2) is 11.3. The fraction of sp³-hybridized carbons (Fsp3) is 0.381. The number of carbonyl (C=O) groups is 3. The minimum Gasteiger partial charge on any atom is -0.409 e. The van der Waals surface area contributed by atoms with Gasteiger partial charge in [-0.1, -0.05) is 16.8 Å². The third-order valence-corrected chi connectivity index (χ3v) is 6.38. The number of thiazole rings is 1. The van der Waals surface area contributed by atoms with E-state index in [9.17, 15) is 19.6 Å². The van der Waals surface area contributed by atoms with Crippen molar-refractivity contribution in [2.45, 2.75) is 19.0 Å². The van der Waals surface area contributed by atoms with Crippen molar-refractivity contribution >= 4 is 52.2 Å². The largest absolute Gasteiger partial charge is 0.409 e.